The lowest BCUT2D eigenvalue weighted by atomic mass is 10.3. The average Bonchev–Trinajstić information content (AvgIpc) is 2.35. The zero-order chi connectivity index (χ0) is 13.2. The van der Waals surface area contributed by atoms with Gasteiger partial charge in [0.1, 0.15) is 18.2 Å². The van der Waals surface area contributed by atoms with Crippen molar-refractivity contribution in [1.29, 1.82) is 0 Å². The van der Waals surface area contributed by atoms with Gasteiger partial charge in [-0.2, -0.15) is 0 Å². The van der Waals surface area contributed by atoms with Crippen LogP contribution in [0.1, 0.15) is 19.8 Å². The first kappa shape index (κ1) is 17.9. The molecule has 4 nitrogen and oxygen atoms in total. The van der Waals surface area contributed by atoms with Crippen LogP contribution in [0.25, 0.3) is 0 Å². The van der Waals surface area contributed by atoms with Crippen LogP contribution >= 0.6 is 24.0 Å². The summed E-state index contributed by atoms with van der Waals surface area (Å²) in [7, 11) is 0. The van der Waals surface area contributed by atoms with Crippen molar-refractivity contribution >= 4 is 29.9 Å². The van der Waals surface area contributed by atoms with E-state index in [1.807, 2.05) is 0 Å². The average molecular weight is 381 g/mol. The Hall–Kier alpha value is -1.05. The van der Waals surface area contributed by atoms with Crippen LogP contribution in [-0.4, -0.2) is 25.7 Å². The summed E-state index contributed by atoms with van der Waals surface area (Å²) in [5.74, 6) is 0.630. The Balaban J connectivity index is 0.00000324. The molecule has 0 spiro atoms. The molecule has 0 unspecified atom stereocenters. The smallest absolute Gasteiger partial charge is 0.188 e. The van der Waals surface area contributed by atoms with Crippen molar-refractivity contribution in [2.24, 2.45) is 10.7 Å². The quantitative estimate of drug-likeness (QED) is 0.330. The van der Waals surface area contributed by atoms with Crippen LogP contribution in [-0.2, 0) is 0 Å². The Morgan fingerprint density at radius 3 is 2.95 bits per heavy atom. The SMILES string of the molecule is CCCCN=C(N)NCCOc1cccc(F)c1.I. The van der Waals surface area contributed by atoms with Gasteiger partial charge in [-0.1, -0.05) is 19.4 Å². The molecule has 0 aromatic heterocycles. The third-order valence-electron chi connectivity index (χ3n) is 2.27. The van der Waals surface area contributed by atoms with Gasteiger partial charge in [-0.15, -0.1) is 24.0 Å². The number of halogens is 2. The van der Waals surface area contributed by atoms with E-state index in [1.165, 1.54) is 12.1 Å². The first-order valence-corrected chi connectivity index (χ1v) is 6.14. The zero-order valence-electron chi connectivity index (χ0n) is 11.1. The van der Waals surface area contributed by atoms with E-state index in [1.54, 1.807) is 12.1 Å². The van der Waals surface area contributed by atoms with Crippen LogP contribution in [0.3, 0.4) is 0 Å². The van der Waals surface area contributed by atoms with E-state index in [0.717, 1.165) is 19.4 Å². The summed E-state index contributed by atoms with van der Waals surface area (Å²) in [6.45, 7) is 3.79. The molecule has 108 valence electrons. The summed E-state index contributed by atoms with van der Waals surface area (Å²) < 4.78 is 18.2. The third kappa shape index (κ3) is 8.63. The molecule has 0 radical (unpaired) electrons. The number of aliphatic imine (C=N–C) groups is 1. The summed E-state index contributed by atoms with van der Waals surface area (Å²) in [6, 6.07) is 6.04. The molecule has 0 heterocycles. The van der Waals surface area contributed by atoms with Gasteiger partial charge >= 0.3 is 0 Å². The molecular weight excluding hydrogens is 360 g/mol. The number of benzene rings is 1. The van der Waals surface area contributed by atoms with Crippen molar-refractivity contribution in [2.75, 3.05) is 19.7 Å². The van der Waals surface area contributed by atoms with Gasteiger partial charge in [0.15, 0.2) is 5.96 Å². The van der Waals surface area contributed by atoms with Crippen LogP contribution in [0.2, 0.25) is 0 Å². The topological polar surface area (TPSA) is 59.6 Å². The lowest BCUT2D eigenvalue weighted by molar-refractivity contribution is 0.320. The Bertz CT molecular complexity index is 388. The number of ether oxygens (including phenoxy) is 1. The standard InChI is InChI=1S/C13H20FN3O.HI/c1-2-3-7-16-13(15)17-8-9-18-12-6-4-5-11(14)10-12;/h4-6,10H,2-3,7-9H2,1H3,(H3,15,16,17);1H. The molecule has 0 amide bonds. The minimum atomic E-state index is -0.305. The molecule has 1 aromatic rings. The maximum atomic E-state index is 12.8. The molecule has 0 aliphatic rings. The van der Waals surface area contributed by atoms with Crippen LogP contribution in [0.15, 0.2) is 29.3 Å². The molecule has 0 bridgehead atoms. The van der Waals surface area contributed by atoms with Crippen molar-refractivity contribution < 1.29 is 9.13 Å². The highest BCUT2D eigenvalue weighted by atomic mass is 127. The Morgan fingerprint density at radius 2 is 2.26 bits per heavy atom. The Kier molecular flexibility index (Phi) is 10.2. The highest BCUT2D eigenvalue weighted by Gasteiger charge is 1.96. The molecule has 0 aliphatic heterocycles. The predicted molar refractivity (Wildman–Crippen MR) is 86.7 cm³/mol. The lowest BCUT2D eigenvalue weighted by Crippen LogP contribution is -2.34. The number of nitrogens with one attached hydrogen (secondary N) is 1. The van der Waals surface area contributed by atoms with Gasteiger partial charge in [-0.3, -0.25) is 4.99 Å². The van der Waals surface area contributed by atoms with Gasteiger partial charge < -0.3 is 15.8 Å². The molecule has 0 saturated heterocycles. The number of guanidine groups is 1. The van der Waals surface area contributed by atoms with Crippen molar-refractivity contribution in [1.82, 2.24) is 5.32 Å². The molecular formula is C13H21FIN3O. The predicted octanol–water partition coefficient (Wildman–Crippen LogP) is 2.53. The van der Waals surface area contributed by atoms with Crippen LogP contribution in [0.4, 0.5) is 4.39 Å². The summed E-state index contributed by atoms with van der Waals surface area (Å²) >= 11 is 0. The largest absolute Gasteiger partial charge is 0.492 e. The molecule has 0 atom stereocenters. The molecule has 0 fully saturated rings. The highest BCUT2D eigenvalue weighted by molar-refractivity contribution is 14.0. The van der Waals surface area contributed by atoms with E-state index in [9.17, 15) is 4.39 Å². The van der Waals surface area contributed by atoms with Crippen molar-refractivity contribution in [3.8, 4) is 5.75 Å². The minimum Gasteiger partial charge on any atom is -0.492 e. The first-order chi connectivity index (χ1) is 8.72. The zero-order valence-corrected chi connectivity index (χ0v) is 13.4. The second-order valence-corrected chi connectivity index (χ2v) is 3.85. The fourth-order valence-corrected chi connectivity index (χ4v) is 1.32. The molecule has 6 heteroatoms. The summed E-state index contributed by atoms with van der Waals surface area (Å²) in [5.41, 5.74) is 5.64. The van der Waals surface area contributed by atoms with Crippen LogP contribution in [0, 0.1) is 5.82 Å². The maximum Gasteiger partial charge on any atom is 0.188 e. The second-order valence-electron chi connectivity index (χ2n) is 3.85. The number of rotatable bonds is 7. The molecule has 3 N–H and O–H groups in total. The highest BCUT2D eigenvalue weighted by Crippen LogP contribution is 2.11. The van der Waals surface area contributed by atoms with E-state index in [2.05, 4.69) is 17.2 Å². The van der Waals surface area contributed by atoms with E-state index < -0.39 is 0 Å². The number of hydrogen-bond donors (Lipinski definition) is 2. The summed E-state index contributed by atoms with van der Waals surface area (Å²) in [6.07, 6.45) is 2.13. The van der Waals surface area contributed by atoms with Gasteiger partial charge in [-0.05, 0) is 18.6 Å². The van der Waals surface area contributed by atoms with Gasteiger partial charge in [0.25, 0.3) is 0 Å². The van der Waals surface area contributed by atoms with Crippen molar-refractivity contribution in [2.45, 2.75) is 19.8 Å². The minimum absolute atomic E-state index is 0. The number of hydrogen-bond acceptors (Lipinski definition) is 2. The molecule has 19 heavy (non-hydrogen) atoms. The van der Waals surface area contributed by atoms with Gasteiger partial charge in [0.05, 0.1) is 6.54 Å². The van der Waals surface area contributed by atoms with E-state index in [4.69, 9.17) is 10.5 Å². The van der Waals surface area contributed by atoms with Gasteiger partial charge in [-0.25, -0.2) is 4.39 Å². The second kappa shape index (κ2) is 10.8. The number of nitrogens with zero attached hydrogens (tertiary/aromatic N) is 1. The van der Waals surface area contributed by atoms with Crippen LogP contribution < -0.4 is 15.8 Å². The Labute approximate surface area is 130 Å². The molecule has 1 rings (SSSR count). The summed E-state index contributed by atoms with van der Waals surface area (Å²) in [4.78, 5) is 4.14. The van der Waals surface area contributed by atoms with Gasteiger partial charge in [0.2, 0.25) is 0 Å². The molecule has 0 aliphatic carbocycles. The van der Waals surface area contributed by atoms with Crippen molar-refractivity contribution in [3.05, 3.63) is 30.1 Å². The summed E-state index contributed by atoms with van der Waals surface area (Å²) in [5, 5.41) is 2.94. The van der Waals surface area contributed by atoms with Crippen LogP contribution in [0.5, 0.6) is 5.75 Å². The fraction of sp³-hybridized carbons (Fsp3) is 0.462. The number of nitrogens with two attached hydrogens (primary N) is 1. The van der Waals surface area contributed by atoms with E-state index in [-0.39, 0.29) is 29.8 Å². The monoisotopic (exact) mass is 381 g/mol. The Morgan fingerprint density at radius 1 is 1.47 bits per heavy atom. The number of unbranched alkanes of at least 4 members (excludes halogenated alkanes) is 1. The third-order valence-corrected chi connectivity index (χ3v) is 2.27. The fourth-order valence-electron chi connectivity index (χ4n) is 1.32. The normalized spacial score (nSPS) is 10.7. The first-order valence-electron chi connectivity index (χ1n) is 6.14. The molecule has 0 saturated carbocycles. The van der Waals surface area contributed by atoms with E-state index >= 15 is 0 Å². The lowest BCUT2D eigenvalue weighted by Gasteiger charge is -2.08. The van der Waals surface area contributed by atoms with Gasteiger partial charge in [0, 0.05) is 12.6 Å². The van der Waals surface area contributed by atoms with E-state index in [0.29, 0.717) is 24.9 Å². The molecule has 1 aromatic carbocycles. The maximum absolute atomic E-state index is 12.8. The van der Waals surface area contributed by atoms with Crippen molar-refractivity contribution in [3.63, 3.8) is 0 Å².